The number of alkyl halides is 1. The number of carbonyl (C=O) groups is 1. The number of nitrogens with one attached hydrogen (secondary N) is 1. The first kappa shape index (κ1) is 17.8. The molecule has 142 valence electrons. The van der Waals surface area contributed by atoms with Crippen LogP contribution in [0.2, 0.25) is 0 Å². The first-order chi connectivity index (χ1) is 13.6. The molecule has 1 saturated carbocycles. The summed E-state index contributed by atoms with van der Waals surface area (Å²) in [6, 6.07) is 11.0. The van der Waals surface area contributed by atoms with E-state index < -0.39 is 6.17 Å². The quantitative estimate of drug-likeness (QED) is 0.584. The third kappa shape index (κ3) is 3.88. The van der Waals surface area contributed by atoms with Gasteiger partial charge in [-0.05, 0) is 43.5 Å². The third-order valence-electron chi connectivity index (χ3n) is 4.13. The fraction of sp³-hybridized carbons (Fsp3) is 0.211. The smallest absolute Gasteiger partial charge is 0.293 e. The molecule has 0 unspecified atom stereocenters. The lowest BCUT2D eigenvalue weighted by Gasteiger charge is -2.08. The molecule has 9 heteroatoms. The van der Waals surface area contributed by atoms with Gasteiger partial charge in [-0.15, -0.1) is 10.2 Å². The van der Waals surface area contributed by atoms with Crippen LogP contribution in [0, 0.1) is 6.92 Å². The molecule has 0 aliphatic heterocycles. The van der Waals surface area contributed by atoms with Crippen molar-refractivity contribution in [2.24, 2.45) is 0 Å². The predicted octanol–water partition coefficient (Wildman–Crippen LogP) is 3.46. The fourth-order valence-electron chi connectivity index (χ4n) is 2.43. The lowest BCUT2D eigenvalue weighted by Crippen LogP contribution is -2.16. The summed E-state index contributed by atoms with van der Waals surface area (Å²) in [5.74, 6) is 0.329. The Balaban J connectivity index is 0.000000429. The topological polar surface area (TPSA) is 98.2 Å². The number of hydrogen-bond acceptors (Lipinski definition) is 6. The number of aromatic nitrogens is 5. The van der Waals surface area contributed by atoms with E-state index in [0.29, 0.717) is 17.2 Å². The molecular formula is C19H17FN6O2. The molecule has 0 atom stereocenters. The van der Waals surface area contributed by atoms with E-state index in [-0.39, 0.29) is 11.7 Å². The average Bonchev–Trinajstić information content (AvgIpc) is 3.16. The normalized spacial score (nSPS) is 13.1. The van der Waals surface area contributed by atoms with Gasteiger partial charge < -0.3 is 9.84 Å². The lowest BCUT2D eigenvalue weighted by atomic mass is 10.1. The molecule has 0 saturated heterocycles. The maximum atomic E-state index is 12.6. The molecule has 1 amide bonds. The molecule has 0 radical (unpaired) electrons. The number of amides is 1. The Kier molecular flexibility index (Phi) is 4.79. The van der Waals surface area contributed by atoms with Crippen LogP contribution in [-0.2, 0) is 0 Å². The summed E-state index contributed by atoms with van der Waals surface area (Å²) in [6.07, 6.45) is 4.22. The molecule has 1 aliphatic carbocycles. The van der Waals surface area contributed by atoms with Gasteiger partial charge >= 0.3 is 0 Å². The number of aryl methyl sites for hydroxylation is 1. The summed E-state index contributed by atoms with van der Waals surface area (Å²) in [6.45, 7) is 1.90. The summed E-state index contributed by atoms with van der Waals surface area (Å²) in [5.41, 5.74) is 2.91. The van der Waals surface area contributed by atoms with Gasteiger partial charge in [0.15, 0.2) is 5.65 Å². The molecule has 3 heterocycles. The van der Waals surface area contributed by atoms with E-state index in [4.69, 9.17) is 4.52 Å². The molecule has 1 N–H and O–H groups in total. The molecular weight excluding hydrogens is 363 g/mol. The van der Waals surface area contributed by atoms with Crippen molar-refractivity contribution in [3.63, 3.8) is 0 Å². The SMILES string of the molecule is Cc1ccc(-c2ncon2)cc1NC(=O)c1nnc2ccccn12.FC1CC1. The first-order valence-electron chi connectivity index (χ1n) is 8.74. The van der Waals surface area contributed by atoms with E-state index in [1.807, 2.05) is 31.2 Å². The summed E-state index contributed by atoms with van der Waals surface area (Å²) < 4.78 is 17.5. The van der Waals surface area contributed by atoms with Crippen molar-refractivity contribution in [1.82, 2.24) is 24.7 Å². The highest BCUT2D eigenvalue weighted by Crippen LogP contribution is 2.23. The third-order valence-corrected chi connectivity index (χ3v) is 4.13. The van der Waals surface area contributed by atoms with Gasteiger partial charge in [0.05, 0.1) is 0 Å². The second kappa shape index (κ2) is 7.55. The van der Waals surface area contributed by atoms with Crippen LogP contribution in [-0.4, -0.2) is 36.8 Å². The van der Waals surface area contributed by atoms with Crippen LogP contribution in [0.5, 0.6) is 0 Å². The molecule has 0 bridgehead atoms. The highest BCUT2D eigenvalue weighted by Gasteiger charge is 2.18. The molecule has 1 aromatic carbocycles. The molecule has 1 fully saturated rings. The van der Waals surface area contributed by atoms with Crippen LogP contribution in [0.25, 0.3) is 17.0 Å². The van der Waals surface area contributed by atoms with Crippen LogP contribution in [0.3, 0.4) is 0 Å². The monoisotopic (exact) mass is 380 g/mol. The summed E-state index contributed by atoms with van der Waals surface area (Å²) in [7, 11) is 0. The highest BCUT2D eigenvalue weighted by atomic mass is 19.1. The average molecular weight is 380 g/mol. The maximum Gasteiger partial charge on any atom is 0.293 e. The van der Waals surface area contributed by atoms with Crippen molar-refractivity contribution >= 4 is 17.2 Å². The van der Waals surface area contributed by atoms with Gasteiger partial charge in [0.25, 0.3) is 5.91 Å². The Morgan fingerprint density at radius 2 is 2.07 bits per heavy atom. The number of rotatable bonds is 3. The number of halogens is 1. The number of fused-ring (bicyclic) bond motifs is 1. The van der Waals surface area contributed by atoms with Gasteiger partial charge in [-0.1, -0.05) is 23.4 Å². The van der Waals surface area contributed by atoms with Gasteiger partial charge in [-0.2, -0.15) is 4.98 Å². The van der Waals surface area contributed by atoms with E-state index in [2.05, 4.69) is 25.7 Å². The van der Waals surface area contributed by atoms with Crippen LogP contribution >= 0.6 is 0 Å². The number of pyridine rings is 1. The molecule has 8 nitrogen and oxygen atoms in total. The molecule has 4 aromatic rings. The van der Waals surface area contributed by atoms with Crippen LogP contribution in [0.1, 0.15) is 29.0 Å². The molecule has 5 rings (SSSR count). The van der Waals surface area contributed by atoms with Crippen LogP contribution < -0.4 is 5.32 Å². The number of nitrogens with zero attached hydrogens (tertiary/aromatic N) is 5. The van der Waals surface area contributed by atoms with E-state index in [0.717, 1.165) is 24.0 Å². The Labute approximate surface area is 159 Å². The highest BCUT2D eigenvalue weighted by molar-refractivity contribution is 6.02. The Morgan fingerprint density at radius 3 is 2.79 bits per heavy atom. The standard InChI is InChI=1S/C16H12N6O2.C3H5F/c1-10-5-6-11(14-17-9-24-21-14)8-12(10)18-16(23)15-20-19-13-4-2-3-7-22(13)15;4-3-1-2-3/h2-9H,1H3,(H,18,23);3H,1-2H2. The molecule has 0 spiro atoms. The summed E-state index contributed by atoms with van der Waals surface area (Å²) >= 11 is 0. The number of benzene rings is 1. The van der Waals surface area contributed by atoms with E-state index in [1.54, 1.807) is 22.7 Å². The van der Waals surface area contributed by atoms with Gasteiger partial charge in [-0.25, -0.2) is 4.39 Å². The van der Waals surface area contributed by atoms with Crippen molar-refractivity contribution < 1.29 is 13.7 Å². The van der Waals surface area contributed by atoms with Crippen molar-refractivity contribution in [2.45, 2.75) is 25.9 Å². The van der Waals surface area contributed by atoms with Gasteiger partial charge in [0, 0.05) is 17.4 Å². The summed E-state index contributed by atoms with van der Waals surface area (Å²) in [5, 5.41) is 14.6. The minimum atomic E-state index is -0.417. The minimum Gasteiger partial charge on any atom is -0.342 e. The first-order valence-corrected chi connectivity index (χ1v) is 8.74. The minimum absolute atomic E-state index is 0.218. The Hall–Kier alpha value is -3.62. The van der Waals surface area contributed by atoms with Crippen LogP contribution in [0.4, 0.5) is 10.1 Å². The van der Waals surface area contributed by atoms with Gasteiger partial charge in [0.2, 0.25) is 18.0 Å². The van der Waals surface area contributed by atoms with Crippen molar-refractivity contribution in [2.75, 3.05) is 5.32 Å². The second-order valence-electron chi connectivity index (χ2n) is 6.37. The molecule has 3 aromatic heterocycles. The lowest BCUT2D eigenvalue weighted by molar-refractivity contribution is 0.101. The fourth-order valence-corrected chi connectivity index (χ4v) is 2.43. The van der Waals surface area contributed by atoms with E-state index in [9.17, 15) is 9.18 Å². The van der Waals surface area contributed by atoms with Crippen molar-refractivity contribution in [3.05, 3.63) is 60.4 Å². The van der Waals surface area contributed by atoms with E-state index in [1.165, 1.54) is 6.39 Å². The van der Waals surface area contributed by atoms with E-state index >= 15 is 0 Å². The van der Waals surface area contributed by atoms with Crippen LogP contribution in [0.15, 0.2) is 53.5 Å². The maximum absolute atomic E-state index is 12.6. The Bertz CT molecular complexity index is 1100. The zero-order valence-electron chi connectivity index (χ0n) is 15.0. The Morgan fingerprint density at radius 1 is 1.25 bits per heavy atom. The molecule has 28 heavy (non-hydrogen) atoms. The summed E-state index contributed by atoms with van der Waals surface area (Å²) in [4.78, 5) is 16.6. The number of carbonyl (C=O) groups excluding carboxylic acids is 1. The zero-order chi connectivity index (χ0) is 19.5. The predicted molar refractivity (Wildman–Crippen MR) is 99.5 cm³/mol. The largest absolute Gasteiger partial charge is 0.342 e. The zero-order valence-corrected chi connectivity index (χ0v) is 15.0. The van der Waals surface area contributed by atoms with Gasteiger partial charge in [-0.3, -0.25) is 9.20 Å². The molecule has 1 aliphatic rings. The van der Waals surface area contributed by atoms with Crippen molar-refractivity contribution in [1.29, 1.82) is 0 Å². The second-order valence-corrected chi connectivity index (χ2v) is 6.37. The number of anilines is 1. The number of hydrogen-bond donors (Lipinski definition) is 1. The van der Waals surface area contributed by atoms with Crippen molar-refractivity contribution in [3.8, 4) is 11.4 Å². The van der Waals surface area contributed by atoms with Gasteiger partial charge in [0.1, 0.15) is 6.17 Å².